The molecule has 0 aliphatic carbocycles. The van der Waals surface area contributed by atoms with Crippen LogP contribution in [-0.4, -0.2) is 28.6 Å². The van der Waals surface area contributed by atoms with Crippen LogP contribution in [0.3, 0.4) is 0 Å². The van der Waals surface area contributed by atoms with E-state index in [2.05, 4.69) is 22.5 Å². The highest BCUT2D eigenvalue weighted by Gasteiger charge is 2.10. The van der Waals surface area contributed by atoms with Crippen molar-refractivity contribution in [2.24, 2.45) is 0 Å². The second kappa shape index (κ2) is 9.24. The zero-order valence-electron chi connectivity index (χ0n) is 15.0. The quantitative estimate of drug-likeness (QED) is 0.448. The smallest absolute Gasteiger partial charge is 0.243 e. The monoisotopic (exact) mass is 383 g/mol. The number of aromatic nitrogens is 2. The van der Waals surface area contributed by atoms with E-state index in [-0.39, 0.29) is 5.91 Å². The average molecular weight is 384 g/mol. The summed E-state index contributed by atoms with van der Waals surface area (Å²) in [5, 5.41) is 3.48. The molecule has 6 heteroatoms. The van der Waals surface area contributed by atoms with Gasteiger partial charge in [-0.25, -0.2) is 4.98 Å². The number of nitrogens with one attached hydrogen (secondary N) is 1. The highest BCUT2D eigenvalue weighted by Crippen LogP contribution is 2.18. The van der Waals surface area contributed by atoms with Gasteiger partial charge in [0.2, 0.25) is 5.91 Å². The molecule has 0 aliphatic heterocycles. The molecule has 1 N–H and O–H groups in total. The molecule has 1 heterocycles. The number of halogens is 1. The first-order valence-corrected chi connectivity index (χ1v) is 9.28. The summed E-state index contributed by atoms with van der Waals surface area (Å²) in [4.78, 5) is 16.0. The lowest BCUT2D eigenvalue weighted by atomic mass is 10.3. The summed E-state index contributed by atoms with van der Waals surface area (Å²) in [6.07, 6.45) is 2.86. The molecule has 27 heavy (non-hydrogen) atoms. The first kappa shape index (κ1) is 19.0. The van der Waals surface area contributed by atoms with Crippen LogP contribution in [0.2, 0.25) is 5.02 Å². The Morgan fingerprint density at radius 2 is 2.00 bits per heavy atom. The Hall–Kier alpha value is -2.79. The second-order valence-electron chi connectivity index (χ2n) is 6.07. The molecule has 0 saturated heterocycles. The summed E-state index contributed by atoms with van der Waals surface area (Å²) in [6, 6.07) is 15.4. The van der Waals surface area contributed by atoms with Gasteiger partial charge in [0.25, 0.3) is 0 Å². The van der Waals surface area contributed by atoms with Gasteiger partial charge < -0.3 is 14.6 Å². The Morgan fingerprint density at radius 1 is 1.22 bits per heavy atom. The Morgan fingerprint density at radius 3 is 2.78 bits per heavy atom. The van der Waals surface area contributed by atoms with Gasteiger partial charge in [0.1, 0.15) is 18.2 Å². The van der Waals surface area contributed by atoms with Crippen molar-refractivity contribution in [2.45, 2.75) is 19.4 Å². The van der Waals surface area contributed by atoms with Crippen LogP contribution in [0.15, 0.2) is 61.2 Å². The molecule has 0 fully saturated rings. The molecule has 0 spiro atoms. The van der Waals surface area contributed by atoms with Gasteiger partial charge >= 0.3 is 0 Å². The van der Waals surface area contributed by atoms with E-state index >= 15 is 0 Å². The number of carbonyl (C=O) groups excluding carboxylic acids is 1. The first-order valence-electron chi connectivity index (χ1n) is 8.90. The first-order chi connectivity index (χ1) is 13.2. The number of aryl methyl sites for hydroxylation is 1. The standard InChI is InChI=1S/C21H22ClN3O2/c1-2-21(26)23-13-5-8-20-24-18-6-3-4-7-19(18)25(20)14-15-27-17-11-9-16(22)10-12-17/h2-4,6-7,9-12H,1,5,8,13-15H2,(H,23,26). The molecular weight excluding hydrogens is 362 g/mol. The van der Waals surface area contributed by atoms with E-state index in [1.54, 1.807) is 0 Å². The van der Waals surface area contributed by atoms with Crippen LogP contribution >= 0.6 is 11.6 Å². The highest BCUT2D eigenvalue weighted by atomic mass is 35.5. The number of para-hydroxylation sites is 2. The van der Waals surface area contributed by atoms with Gasteiger partial charge in [-0.15, -0.1) is 0 Å². The van der Waals surface area contributed by atoms with Crippen LogP contribution in [0.25, 0.3) is 11.0 Å². The van der Waals surface area contributed by atoms with Crippen LogP contribution in [-0.2, 0) is 17.8 Å². The topological polar surface area (TPSA) is 56.2 Å². The summed E-state index contributed by atoms with van der Waals surface area (Å²) in [6.45, 7) is 5.27. The SMILES string of the molecule is C=CC(=O)NCCCc1nc2ccccc2n1CCOc1ccc(Cl)cc1. The second-order valence-corrected chi connectivity index (χ2v) is 6.51. The summed E-state index contributed by atoms with van der Waals surface area (Å²) >= 11 is 5.90. The van der Waals surface area contributed by atoms with Gasteiger partial charge in [-0.2, -0.15) is 0 Å². The largest absolute Gasteiger partial charge is 0.492 e. The minimum absolute atomic E-state index is 0.153. The third kappa shape index (κ3) is 5.11. The van der Waals surface area contributed by atoms with Crippen LogP contribution in [0.5, 0.6) is 5.75 Å². The van der Waals surface area contributed by atoms with Crippen LogP contribution < -0.4 is 10.1 Å². The summed E-state index contributed by atoms with van der Waals surface area (Å²) < 4.78 is 8.02. The Balaban J connectivity index is 1.65. The lowest BCUT2D eigenvalue weighted by molar-refractivity contribution is -0.116. The number of ether oxygens (including phenoxy) is 1. The molecule has 140 valence electrons. The number of fused-ring (bicyclic) bond motifs is 1. The number of hydrogen-bond donors (Lipinski definition) is 1. The molecule has 0 radical (unpaired) electrons. The number of hydrogen-bond acceptors (Lipinski definition) is 3. The molecule has 1 aromatic heterocycles. The minimum atomic E-state index is -0.153. The Labute approximate surface area is 163 Å². The van der Waals surface area contributed by atoms with Gasteiger partial charge in [0, 0.05) is 18.0 Å². The van der Waals surface area contributed by atoms with Gasteiger partial charge in [0.15, 0.2) is 0 Å². The average Bonchev–Trinajstić information content (AvgIpc) is 3.04. The van der Waals surface area contributed by atoms with Crippen molar-refractivity contribution < 1.29 is 9.53 Å². The number of carbonyl (C=O) groups is 1. The van der Waals surface area contributed by atoms with Crippen molar-refractivity contribution in [3.63, 3.8) is 0 Å². The minimum Gasteiger partial charge on any atom is -0.492 e. The molecule has 3 aromatic rings. The molecule has 0 atom stereocenters. The molecule has 2 aromatic carbocycles. The van der Waals surface area contributed by atoms with Crippen molar-refractivity contribution >= 4 is 28.5 Å². The highest BCUT2D eigenvalue weighted by molar-refractivity contribution is 6.30. The van der Waals surface area contributed by atoms with E-state index in [1.165, 1.54) is 6.08 Å². The van der Waals surface area contributed by atoms with Gasteiger partial charge in [-0.3, -0.25) is 4.79 Å². The fourth-order valence-electron chi connectivity index (χ4n) is 2.88. The number of amides is 1. The number of nitrogens with zero attached hydrogens (tertiary/aromatic N) is 2. The van der Waals surface area contributed by atoms with Gasteiger partial charge in [-0.1, -0.05) is 30.3 Å². The molecule has 5 nitrogen and oxygen atoms in total. The maximum absolute atomic E-state index is 11.3. The van der Waals surface area contributed by atoms with Crippen molar-refractivity contribution in [1.29, 1.82) is 0 Å². The van der Waals surface area contributed by atoms with E-state index in [4.69, 9.17) is 21.3 Å². The normalized spacial score (nSPS) is 10.7. The predicted molar refractivity (Wildman–Crippen MR) is 108 cm³/mol. The zero-order chi connectivity index (χ0) is 19.1. The Kier molecular flexibility index (Phi) is 6.49. The third-order valence-electron chi connectivity index (χ3n) is 4.19. The number of imidazole rings is 1. The van der Waals surface area contributed by atoms with Crippen molar-refractivity contribution in [1.82, 2.24) is 14.9 Å². The molecule has 3 rings (SSSR count). The maximum Gasteiger partial charge on any atom is 0.243 e. The van der Waals surface area contributed by atoms with E-state index in [9.17, 15) is 4.79 Å². The lowest BCUT2D eigenvalue weighted by Gasteiger charge is -2.11. The van der Waals surface area contributed by atoms with E-state index in [1.807, 2.05) is 42.5 Å². The van der Waals surface area contributed by atoms with Gasteiger partial charge in [0.05, 0.1) is 17.6 Å². The third-order valence-corrected chi connectivity index (χ3v) is 4.44. The number of benzene rings is 2. The predicted octanol–water partition coefficient (Wildman–Crippen LogP) is 4.00. The molecule has 0 saturated carbocycles. The fraction of sp³-hybridized carbons (Fsp3) is 0.238. The zero-order valence-corrected chi connectivity index (χ0v) is 15.8. The van der Waals surface area contributed by atoms with E-state index < -0.39 is 0 Å². The molecular formula is C21H22ClN3O2. The van der Waals surface area contributed by atoms with Crippen molar-refractivity contribution in [3.05, 3.63) is 72.0 Å². The van der Waals surface area contributed by atoms with Crippen LogP contribution in [0, 0.1) is 0 Å². The molecule has 0 bridgehead atoms. The summed E-state index contributed by atoms with van der Waals surface area (Å²) in [5.41, 5.74) is 2.05. The van der Waals surface area contributed by atoms with E-state index in [0.717, 1.165) is 35.4 Å². The van der Waals surface area contributed by atoms with Gasteiger partial charge in [-0.05, 0) is 48.9 Å². The number of rotatable bonds is 9. The molecule has 0 unspecified atom stereocenters. The van der Waals surface area contributed by atoms with Crippen molar-refractivity contribution in [3.8, 4) is 5.75 Å². The molecule has 0 aliphatic rings. The van der Waals surface area contributed by atoms with Crippen molar-refractivity contribution in [2.75, 3.05) is 13.2 Å². The Bertz CT molecular complexity index is 919. The lowest BCUT2D eigenvalue weighted by Crippen LogP contribution is -2.22. The molecule has 1 amide bonds. The summed E-state index contributed by atoms with van der Waals surface area (Å²) in [5.74, 6) is 1.63. The maximum atomic E-state index is 11.3. The van der Waals surface area contributed by atoms with Crippen LogP contribution in [0.1, 0.15) is 12.2 Å². The van der Waals surface area contributed by atoms with Crippen LogP contribution in [0.4, 0.5) is 0 Å². The summed E-state index contributed by atoms with van der Waals surface area (Å²) in [7, 11) is 0. The van der Waals surface area contributed by atoms with E-state index in [0.29, 0.717) is 24.7 Å². The fourth-order valence-corrected chi connectivity index (χ4v) is 3.01.